The first-order valence-electron chi connectivity index (χ1n) is 7.47. The molecule has 0 amide bonds. The molecule has 7 heteroatoms. The van der Waals surface area contributed by atoms with E-state index in [2.05, 4.69) is 9.97 Å². The molecule has 0 aliphatic rings. The highest BCUT2D eigenvalue weighted by atomic mass is 32.1. The smallest absolute Gasteiger partial charge is 0.357 e. The third-order valence-electron chi connectivity index (χ3n) is 3.41. The van der Waals surface area contributed by atoms with Crippen LogP contribution in [-0.2, 0) is 11.3 Å². The number of aromatic nitrogens is 2. The first-order chi connectivity index (χ1) is 12.2. The fourth-order valence-electron chi connectivity index (χ4n) is 2.25. The van der Waals surface area contributed by atoms with Gasteiger partial charge in [0.1, 0.15) is 17.3 Å². The van der Waals surface area contributed by atoms with E-state index in [0.717, 1.165) is 10.6 Å². The summed E-state index contributed by atoms with van der Waals surface area (Å²) in [5, 5.41) is 2.61. The van der Waals surface area contributed by atoms with Gasteiger partial charge in [0.15, 0.2) is 11.5 Å². The lowest BCUT2D eigenvalue weighted by Gasteiger charge is -2.10. The first kappa shape index (κ1) is 16.9. The van der Waals surface area contributed by atoms with E-state index in [9.17, 15) is 4.79 Å². The fraction of sp³-hybridized carbons (Fsp3) is 0.167. The number of esters is 1. The largest absolute Gasteiger partial charge is 0.493 e. The topological polar surface area (TPSA) is 70.5 Å². The Hall–Kier alpha value is -2.93. The maximum Gasteiger partial charge on any atom is 0.357 e. The van der Waals surface area contributed by atoms with Crippen LogP contribution in [0, 0.1) is 0 Å². The first-order valence-corrected chi connectivity index (χ1v) is 8.35. The summed E-state index contributed by atoms with van der Waals surface area (Å²) < 4.78 is 16.0. The molecular formula is C18H16N2O4S. The molecule has 2 heterocycles. The minimum atomic E-state index is -0.478. The quantitative estimate of drug-likeness (QED) is 0.629. The average Bonchev–Trinajstić information content (AvgIpc) is 3.14. The van der Waals surface area contributed by atoms with Gasteiger partial charge in [-0.05, 0) is 24.3 Å². The second-order valence-electron chi connectivity index (χ2n) is 4.98. The summed E-state index contributed by atoms with van der Waals surface area (Å²) in [4.78, 5) is 20.4. The van der Waals surface area contributed by atoms with Crippen LogP contribution < -0.4 is 9.47 Å². The van der Waals surface area contributed by atoms with Gasteiger partial charge < -0.3 is 14.2 Å². The van der Waals surface area contributed by atoms with Gasteiger partial charge in [-0.1, -0.05) is 12.1 Å². The van der Waals surface area contributed by atoms with Gasteiger partial charge in [-0.3, -0.25) is 0 Å². The minimum Gasteiger partial charge on any atom is -0.493 e. The molecule has 0 N–H and O–H groups in total. The minimum absolute atomic E-state index is 0.0815. The van der Waals surface area contributed by atoms with Crippen LogP contribution in [0.25, 0.3) is 10.6 Å². The summed E-state index contributed by atoms with van der Waals surface area (Å²) in [6.07, 6.45) is 1.55. The standard InChI is InChI=1S/C18H16N2O4S/c1-22-15-8-5-6-13(16(15)23-2)17-20-12(11-25-17)10-24-18(21)14-7-3-4-9-19-14/h3-9,11H,10H2,1-2H3. The Morgan fingerprint density at radius 3 is 2.72 bits per heavy atom. The van der Waals surface area contributed by atoms with Gasteiger partial charge in [-0.25, -0.2) is 14.8 Å². The van der Waals surface area contributed by atoms with Crippen LogP contribution in [-0.4, -0.2) is 30.2 Å². The summed E-state index contributed by atoms with van der Waals surface area (Å²) in [7, 11) is 3.18. The number of carbonyl (C=O) groups excluding carboxylic acids is 1. The molecule has 3 aromatic rings. The van der Waals surface area contributed by atoms with E-state index in [1.807, 2.05) is 23.6 Å². The van der Waals surface area contributed by atoms with E-state index >= 15 is 0 Å². The number of hydrogen-bond acceptors (Lipinski definition) is 7. The number of benzene rings is 1. The Morgan fingerprint density at radius 1 is 1.12 bits per heavy atom. The third kappa shape index (κ3) is 3.77. The molecule has 0 spiro atoms. The van der Waals surface area contributed by atoms with Crippen molar-refractivity contribution < 1.29 is 19.0 Å². The summed E-state index contributed by atoms with van der Waals surface area (Å²) in [6, 6.07) is 10.7. The predicted octanol–water partition coefficient (Wildman–Crippen LogP) is 3.58. The van der Waals surface area contributed by atoms with E-state index in [1.54, 1.807) is 38.6 Å². The zero-order valence-corrected chi connectivity index (χ0v) is 14.6. The van der Waals surface area contributed by atoms with Crippen LogP contribution in [0.5, 0.6) is 11.5 Å². The predicted molar refractivity (Wildman–Crippen MR) is 94.0 cm³/mol. The molecule has 2 aromatic heterocycles. The van der Waals surface area contributed by atoms with Crippen molar-refractivity contribution in [2.24, 2.45) is 0 Å². The maximum atomic E-state index is 11.9. The highest BCUT2D eigenvalue weighted by molar-refractivity contribution is 7.13. The second kappa shape index (κ2) is 7.76. The molecule has 0 fully saturated rings. The van der Waals surface area contributed by atoms with Crippen molar-refractivity contribution in [3.8, 4) is 22.1 Å². The van der Waals surface area contributed by atoms with Crippen molar-refractivity contribution in [2.75, 3.05) is 14.2 Å². The lowest BCUT2D eigenvalue weighted by molar-refractivity contribution is 0.0461. The summed E-state index contributed by atoms with van der Waals surface area (Å²) in [5.74, 6) is 0.781. The Labute approximate surface area is 149 Å². The van der Waals surface area contributed by atoms with Crippen molar-refractivity contribution in [3.05, 3.63) is 59.4 Å². The molecule has 1 aromatic carbocycles. The average molecular weight is 356 g/mol. The van der Waals surface area contributed by atoms with Crippen molar-refractivity contribution in [1.29, 1.82) is 0 Å². The van der Waals surface area contributed by atoms with Crippen LogP contribution >= 0.6 is 11.3 Å². The fourth-order valence-corrected chi connectivity index (χ4v) is 3.08. The molecule has 0 radical (unpaired) electrons. The van der Waals surface area contributed by atoms with E-state index < -0.39 is 5.97 Å². The number of rotatable bonds is 6. The zero-order chi connectivity index (χ0) is 17.6. The normalized spacial score (nSPS) is 10.3. The van der Waals surface area contributed by atoms with Gasteiger partial charge in [0, 0.05) is 11.6 Å². The van der Waals surface area contributed by atoms with Gasteiger partial charge in [-0.15, -0.1) is 11.3 Å². The molecular weight excluding hydrogens is 340 g/mol. The van der Waals surface area contributed by atoms with Crippen molar-refractivity contribution in [2.45, 2.75) is 6.61 Å². The molecule has 6 nitrogen and oxygen atoms in total. The summed E-state index contributed by atoms with van der Waals surface area (Å²) in [6.45, 7) is 0.0815. The molecule has 0 aliphatic carbocycles. The molecule has 0 bridgehead atoms. The zero-order valence-electron chi connectivity index (χ0n) is 13.8. The SMILES string of the molecule is COc1cccc(-c2nc(COC(=O)c3ccccn3)cs2)c1OC. The van der Waals surface area contributed by atoms with Gasteiger partial charge in [0.2, 0.25) is 0 Å². The van der Waals surface area contributed by atoms with Crippen LogP contribution in [0.1, 0.15) is 16.2 Å². The van der Waals surface area contributed by atoms with Crippen LogP contribution in [0.15, 0.2) is 48.0 Å². The van der Waals surface area contributed by atoms with Gasteiger partial charge in [-0.2, -0.15) is 0 Å². The van der Waals surface area contributed by atoms with Crippen LogP contribution in [0.3, 0.4) is 0 Å². The Kier molecular flexibility index (Phi) is 5.25. The summed E-state index contributed by atoms with van der Waals surface area (Å²) >= 11 is 1.45. The number of ether oxygens (including phenoxy) is 3. The molecule has 128 valence electrons. The third-order valence-corrected chi connectivity index (χ3v) is 4.33. The number of para-hydroxylation sites is 1. The Morgan fingerprint density at radius 2 is 2.00 bits per heavy atom. The lowest BCUT2D eigenvalue weighted by Crippen LogP contribution is -2.07. The van der Waals surface area contributed by atoms with E-state index in [1.165, 1.54) is 11.3 Å². The van der Waals surface area contributed by atoms with Crippen LogP contribution in [0.4, 0.5) is 0 Å². The number of carbonyl (C=O) groups is 1. The van der Waals surface area contributed by atoms with E-state index in [0.29, 0.717) is 17.2 Å². The summed E-state index contributed by atoms with van der Waals surface area (Å²) in [5.41, 5.74) is 1.76. The highest BCUT2D eigenvalue weighted by Gasteiger charge is 2.15. The van der Waals surface area contributed by atoms with E-state index in [4.69, 9.17) is 14.2 Å². The van der Waals surface area contributed by atoms with Crippen molar-refractivity contribution >= 4 is 17.3 Å². The van der Waals surface area contributed by atoms with Crippen molar-refractivity contribution in [1.82, 2.24) is 9.97 Å². The monoisotopic (exact) mass is 356 g/mol. The van der Waals surface area contributed by atoms with Crippen molar-refractivity contribution in [3.63, 3.8) is 0 Å². The molecule has 0 saturated heterocycles. The molecule has 3 rings (SSSR count). The lowest BCUT2D eigenvalue weighted by atomic mass is 10.2. The number of nitrogens with zero attached hydrogens (tertiary/aromatic N) is 2. The number of hydrogen-bond donors (Lipinski definition) is 0. The second-order valence-corrected chi connectivity index (χ2v) is 5.83. The Balaban J connectivity index is 1.74. The molecule has 0 saturated carbocycles. The number of pyridine rings is 1. The van der Waals surface area contributed by atoms with Crippen LogP contribution in [0.2, 0.25) is 0 Å². The molecule has 0 aliphatic heterocycles. The van der Waals surface area contributed by atoms with Gasteiger partial charge in [0.25, 0.3) is 0 Å². The maximum absolute atomic E-state index is 11.9. The van der Waals surface area contributed by atoms with Gasteiger partial charge >= 0.3 is 5.97 Å². The number of methoxy groups -OCH3 is 2. The molecule has 25 heavy (non-hydrogen) atoms. The number of thiazole rings is 1. The van der Waals surface area contributed by atoms with Gasteiger partial charge in [0.05, 0.1) is 25.5 Å². The van der Waals surface area contributed by atoms with E-state index in [-0.39, 0.29) is 12.3 Å². The highest BCUT2D eigenvalue weighted by Crippen LogP contribution is 2.38. The molecule has 0 atom stereocenters. The Bertz CT molecular complexity index is 865. The molecule has 0 unspecified atom stereocenters.